The highest BCUT2D eigenvalue weighted by Gasteiger charge is 2.19. The molecule has 0 unspecified atom stereocenters. The molecule has 7 heteroatoms. The monoisotopic (exact) mass is 387 g/mol. The molecule has 6 nitrogen and oxygen atoms in total. The van der Waals surface area contributed by atoms with Gasteiger partial charge in [0, 0.05) is 28.3 Å². The summed E-state index contributed by atoms with van der Waals surface area (Å²) in [5.41, 5.74) is 4.63. The zero-order valence-corrected chi connectivity index (χ0v) is 16.4. The first-order valence-electron chi connectivity index (χ1n) is 9.05. The molecule has 1 N–H and O–H groups in total. The third kappa shape index (κ3) is 5.05. The van der Waals surface area contributed by atoms with Crippen LogP contribution in [0.2, 0.25) is 5.02 Å². The van der Waals surface area contributed by atoms with Crippen LogP contribution in [-0.4, -0.2) is 42.3 Å². The largest absolute Gasteiger partial charge is 0.328 e. The number of piperazine rings is 1. The maximum Gasteiger partial charge on any atom is 0.270 e. The topological polar surface area (TPSA) is 63.2 Å². The average Bonchev–Trinajstić information content (AvgIpc) is 2.64. The third-order valence-corrected chi connectivity index (χ3v) is 5.28. The van der Waals surface area contributed by atoms with E-state index in [1.807, 2.05) is 5.01 Å². The Morgan fingerprint density at radius 2 is 1.96 bits per heavy atom. The Bertz CT molecular complexity index is 861. The van der Waals surface area contributed by atoms with Crippen molar-refractivity contribution in [2.45, 2.75) is 20.4 Å². The van der Waals surface area contributed by atoms with Gasteiger partial charge in [0.15, 0.2) is 0 Å². The Balaban J connectivity index is 1.57. The van der Waals surface area contributed by atoms with Crippen molar-refractivity contribution in [3.05, 3.63) is 73.8 Å². The fourth-order valence-corrected chi connectivity index (χ4v) is 3.47. The van der Waals surface area contributed by atoms with Gasteiger partial charge < -0.3 is 4.90 Å². The molecule has 2 aromatic rings. The van der Waals surface area contributed by atoms with E-state index in [2.05, 4.69) is 37.1 Å². The van der Waals surface area contributed by atoms with Gasteiger partial charge >= 0.3 is 0 Å². The predicted octanol–water partition coefficient (Wildman–Crippen LogP) is 2.60. The van der Waals surface area contributed by atoms with Gasteiger partial charge in [-0.3, -0.25) is 15.1 Å². The van der Waals surface area contributed by atoms with E-state index in [1.54, 1.807) is 11.1 Å². The summed E-state index contributed by atoms with van der Waals surface area (Å²) in [5, 5.41) is 17.8. The van der Waals surface area contributed by atoms with Gasteiger partial charge in [-0.2, -0.15) is 5.10 Å². The zero-order valence-electron chi connectivity index (χ0n) is 15.6. The number of nitrogens with zero attached hydrogens (tertiary/aromatic N) is 3. The molecule has 1 fully saturated rings. The predicted molar refractivity (Wildman–Crippen MR) is 108 cm³/mol. The number of aryl methyl sites for hydroxylation is 2. The maximum atomic E-state index is 10.9. The molecule has 1 saturated heterocycles. The first kappa shape index (κ1) is 19.3. The van der Waals surface area contributed by atoms with Crippen molar-refractivity contribution in [2.75, 3.05) is 26.2 Å². The molecule has 0 amide bonds. The summed E-state index contributed by atoms with van der Waals surface area (Å²) >= 11 is 6.12. The maximum absolute atomic E-state index is 10.9. The molecule has 1 aliphatic rings. The van der Waals surface area contributed by atoms with E-state index in [1.165, 1.54) is 34.9 Å². The molecule has 0 spiro atoms. The van der Waals surface area contributed by atoms with E-state index in [0.717, 1.165) is 32.7 Å². The van der Waals surface area contributed by atoms with Crippen LogP contribution in [-0.2, 0) is 6.54 Å². The van der Waals surface area contributed by atoms with Crippen LogP contribution in [0.3, 0.4) is 0 Å². The molecule has 0 bridgehead atoms. The SMILES string of the molecule is Cc1ccc(C[NH+]2CCN(N=Cc3cc([N+](=O)[O-])ccc3Cl)CC2)c(C)c1. The zero-order chi connectivity index (χ0) is 19.4. The molecule has 0 atom stereocenters. The lowest BCUT2D eigenvalue weighted by atomic mass is 10.1. The number of halogens is 1. The molecule has 0 saturated carbocycles. The first-order valence-corrected chi connectivity index (χ1v) is 9.43. The summed E-state index contributed by atoms with van der Waals surface area (Å²) in [6, 6.07) is 11.0. The second kappa shape index (κ2) is 8.50. The van der Waals surface area contributed by atoms with Gasteiger partial charge in [0.1, 0.15) is 6.54 Å². The Hall–Kier alpha value is -2.44. The van der Waals surface area contributed by atoms with Crippen LogP contribution in [0.5, 0.6) is 0 Å². The molecule has 142 valence electrons. The van der Waals surface area contributed by atoms with Gasteiger partial charge in [-0.05, 0) is 25.5 Å². The number of hydrazone groups is 1. The Kier molecular flexibility index (Phi) is 6.08. The lowest BCUT2D eigenvalue weighted by molar-refractivity contribution is -0.918. The lowest BCUT2D eigenvalue weighted by Crippen LogP contribution is -3.13. The van der Waals surface area contributed by atoms with Gasteiger partial charge in [0.05, 0.1) is 37.3 Å². The van der Waals surface area contributed by atoms with Crippen LogP contribution in [0, 0.1) is 24.0 Å². The molecule has 1 aliphatic heterocycles. The van der Waals surface area contributed by atoms with Crippen molar-refractivity contribution in [3.63, 3.8) is 0 Å². The minimum absolute atomic E-state index is 0.0172. The van der Waals surface area contributed by atoms with E-state index in [0.29, 0.717) is 10.6 Å². The molecule has 2 aromatic carbocycles. The number of benzene rings is 2. The molecule has 0 aromatic heterocycles. The van der Waals surface area contributed by atoms with E-state index in [4.69, 9.17) is 11.6 Å². The van der Waals surface area contributed by atoms with Gasteiger partial charge in [0.25, 0.3) is 5.69 Å². The molecule has 0 aliphatic carbocycles. The summed E-state index contributed by atoms with van der Waals surface area (Å²) in [5.74, 6) is 0. The van der Waals surface area contributed by atoms with Crippen LogP contribution >= 0.6 is 11.6 Å². The molecule has 3 rings (SSSR count). The van der Waals surface area contributed by atoms with Crippen molar-refractivity contribution in [3.8, 4) is 0 Å². The van der Waals surface area contributed by atoms with Gasteiger partial charge in [0.2, 0.25) is 0 Å². The first-order chi connectivity index (χ1) is 12.9. The molecule has 1 heterocycles. The summed E-state index contributed by atoms with van der Waals surface area (Å²) in [6.45, 7) is 9.03. The minimum atomic E-state index is -0.428. The van der Waals surface area contributed by atoms with Crippen LogP contribution in [0.15, 0.2) is 41.5 Å². The smallest absolute Gasteiger partial charge is 0.270 e. The minimum Gasteiger partial charge on any atom is -0.328 e. The van der Waals surface area contributed by atoms with E-state index < -0.39 is 4.92 Å². The number of nitro benzene ring substituents is 1. The van der Waals surface area contributed by atoms with Gasteiger partial charge in [-0.15, -0.1) is 0 Å². The van der Waals surface area contributed by atoms with Crippen molar-refractivity contribution < 1.29 is 9.82 Å². The molecule has 27 heavy (non-hydrogen) atoms. The van der Waals surface area contributed by atoms with Crippen molar-refractivity contribution in [1.82, 2.24) is 5.01 Å². The van der Waals surface area contributed by atoms with Crippen molar-refractivity contribution >= 4 is 23.5 Å². The third-order valence-electron chi connectivity index (χ3n) is 4.94. The van der Waals surface area contributed by atoms with Crippen molar-refractivity contribution in [2.24, 2.45) is 5.10 Å². The van der Waals surface area contributed by atoms with Crippen molar-refractivity contribution in [1.29, 1.82) is 0 Å². The van der Waals surface area contributed by atoms with Gasteiger partial charge in [-0.1, -0.05) is 35.4 Å². The Morgan fingerprint density at radius 1 is 1.22 bits per heavy atom. The molecule has 0 radical (unpaired) electrons. The number of quaternary nitrogens is 1. The van der Waals surface area contributed by atoms with E-state index in [9.17, 15) is 10.1 Å². The highest BCUT2D eigenvalue weighted by atomic mass is 35.5. The highest BCUT2D eigenvalue weighted by molar-refractivity contribution is 6.33. The summed E-state index contributed by atoms with van der Waals surface area (Å²) in [4.78, 5) is 12.0. The van der Waals surface area contributed by atoms with E-state index in [-0.39, 0.29) is 5.69 Å². The molecular formula is C20H24ClN4O2+. The summed E-state index contributed by atoms with van der Waals surface area (Å²) < 4.78 is 0. The summed E-state index contributed by atoms with van der Waals surface area (Å²) in [7, 11) is 0. The van der Waals surface area contributed by atoms with Crippen LogP contribution in [0.4, 0.5) is 5.69 Å². The quantitative estimate of drug-likeness (QED) is 0.487. The summed E-state index contributed by atoms with van der Waals surface area (Å²) in [6.07, 6.45) is 1.62. The van der Waals surface area contributed by atoms with Crippen LogP contribution in [0.1, 0.15) is 22.3 Å². The fraction of sp³-hybridized carbons (Fsp3) is 0.350. The van der Waals surface area contributed by atoms with Gasteiger partial charge in [-0.25, -0.2) is 0 Å². The number of nitro groups is 1. The lowest BCUT2D eigenvalue weighted by Gasteiger charge is -2.30. The number of hydrogen-bond donors (Lipinski definition) is 1. The Labute approximate surface area is 164 Å². The van der Waals surface area contributed by atoms with E-state index >= 15 is 0 Å². The fourth-order valence-electron chi connectivity index (χ4n) is 3.30. The normalized spacial score (nSPS) is 15.4. The molecular weight excluding hydrogens is 364 g/mol. The number of rotatable bonds is 5. The number of hydrogen-bond acceptors (Lipinski definition) is 4. The number of nitrogens with one attached hydrogen (secondary N) is 1. The van der Waals surface area contributed by atoms with Crippen LogP contribution < -0.4 is 4.90 Å². The second-order valence-electron chi connectivity index (χ2n) is 7.02. The average molecular weight is 388 g/mol. The van der Waals surface area contributed by atoms with Crippen LogP contribution in [0.25, 0.3) is 0 Å². The Morgan fingerprint density at radius 3 is 2.63 bits per heavy atom. The second-order valence-corrected chi connectivity index (χ2v) is 7.43. The standard InChI is InChI=1S/C20H23ClN4O2/c1-15-3-4-17(16(2)11-15)14-23-7-9-24(10-8-23)22-13-18-12-19(25(26)27)5-6-20(18)21/h3-6,11-13H,7-10,14H2,1-2H3/p+1. The highest BCUT2D eigenvalue weighted by Crippen LogP contribution is 2.20. The number of non-ortho nitro benzene ring substituents is 1.